The molecule has 2 aliphatic rings. The maximum absolute atomic E-state index is 3.37. The van der Waals surface area contributed by atoms with Gasteiger partial charge in [0, 0.05) is 18.3 Å². The first-order valence-corrected chi connectivity index (χ1v) is 7.44. The van der Waals surface area contributed by atoms with E-state index in [0.29, 0.717) is 0 Å². The first kappa shape index (κ1) is 12.0. The van der Waals surface area contributed by atoms with E-state index in [-0.39, 0.29) is 0 Å². The van der Waals surface area contributed by atoms with Gasteiger partial charge >= 0.3 is 0 Å². The van der Waals surface area contributed by atoms with Crippen molar-refractivity contribution in [2.45, 2.75) is 44.6 Å². The molecule has 2 heteroatoms. The minimum Gasteiger partial charge on any atom is -0.385 e. The van der Waals surface area contributed by atoms with Gasteiger partial charge in [-0.1, -0.05) is 12.1 Å². The SMILES string of the molecule is CCNc1ccc(C2CCN3CCCC3C2)cc1. The minimum atomic E-state index is 0.792. The highest BCUT2D eigenvalue weighted by atomic mass is 15.2. The van der Waals surface area contributed by atoms with Crippen molar-refractivity contribution in [3.63, 3.8) is 0 Å². The van der Waals surface area contributed by atoms with Gasteiger partial charge in [0.15, 0.2) is 0 Å². The summed E-state index contributed by atoms with van der Waals surface area (Å²) in [6, 6.07) is 10.00. The number of fused-ring (bicyclic) bond motifs is 1. The predicted molar refractivity (Wildman–Crippen MR) is 77.2 cm³/mol. The van der Waals surface area contributed by atoms with E-state index in [1.54, 1.807) is 5.56 Å². The number of hydrogen-bond donors (Lipinski definition) is 1. The topological polar surface area (TPSA) is 15.3 Å². The summed E-state index contributed by atoms with van der Waals surface area (Å²) in [4.78, 5) is 2.70. The van der Waals surface area contributed by atoms with Crippen molar-refractivity contribution in [2.24, 2.45) is 0 Å². The van der Waals surface area contributed by atoms with Gasteiger partial charge in [-0.15, -0.1) is 0 Å². The van der Waals surface area contributed by atoms with Crippen LogP contribution in [0.4, 0.5) is 5.69 Å². The molecule has 3 rings (SSSR count). The Labute approximate surface area is 110 Å². The minimum absolute atomic E-state index is 0.792. The Kier molecular flexibility index (Phi) is 3.55. The van der Waals surface area contributed by atoms with Crippen LogP contribution in [0.1, 0.15) is 44.1 Å². The molecular weight excluding hydrogens is 220 g/mol. The maximum Gasteiger partial charge on any atom is 0.0340 e. The molecule has 0 bridgehead atoms. The van der Waals surface area contributed by atoms with E-state index in [0.717, 1.165) is 18.5 Å². The number of hydrogen-bond acceptors (Lipinski definition) is 2. The molecule has 2 nitrogen and oxygen atoms in total. The summed E-state index contributed by atoms with van der Waals surface area (Å²) in [7, 11) is 0. The lowest BCUT2D eigenvalue weighted by Crippen LogP contribution is -2.37. The van der Waals surface area contributed by atoms with E-state index in [1.807, 2.05) is 0 Å². The zero-order valence-corrected chi connectivity index (χ0v) is 11.4. The van der Waals surface area contributed by atoms with Gasteiger partial charge in [0.25, 0.3) is 0 Å². The van der Waals surface area contributed by atoms with Crippen LogP contribution in [-0.2, 0) is 0 Å². The van der Waals surface area contributed by atoms with Gasteiger partial charge in [-0.05, 0) is 69.3 Å². The van der Waals surface area contributed by atoms with Gasteiger partial charge in [-0.2, -0.15) is 0 Å². The smallest absolute Gasteiger partial charge is 0.0340 e. The van der Waals surface area contributed by atoms with Crippen molar-refractivity contribution >= 4 is 5.69 Å². The highest BCUT2D eigenvalue weighted by Gasteiger charge is 2.31. The standard InChI is InChI=1S/C16H24N2/c1-2-17-15-7-5-13(6-8-15)14-9-11-18-10-3-4-16(18)12-14/h5-8,14,16-17H,2-4,9-12H2,1H3. The zero-order chi connectivity index (χ0) is 12.4. The molecule has 2 heterocycles. The predicted octanol–water partition coefficient (Wildman–Crippen LogP) is 3.46. The van der Waals surface area contributed by atoms with Gasteiger partial charge in [0.1, 0.15) is 0 Å². The molecule has 1 aromatic carbocycles. The maximum atomic E-state index is 3.37. The molecule has 0 aliphatic carbocycles. The Morgan fingerprint density at radius 3 is 2.78 bits per heavy atom. The Hall–Kier alpha value is -1.02. The summed E-state index contributed by atoms with van der Waals surface area (Å²) < 4.78 is 0. The van der Waals surface area contributed by atoms with Crippen molar-refractivity contribution in [3.8, 4) is 0 Å². The fourth-order valence-corrected chi connectivity index (χ4v) is 3.60. The molecule has 2 unspecified atom stereocenters. The highest BCUT2D eigenvalue weighted by Crippen LogP contribution is 2.36. The molecule has 2 fully saturated rings. The highest BCUT2D eigenvalue weighted by molar-refractivity contribution is 5.45. The number of rotatable bonds is 3. The molecule has 0 radical (unpaired) electrons. The lowest BCUT2D eigenvalue weighted by Gasteiger charge is -2.35. The molecular formula is C16H24N2. The second-order valence-corrected chi connectivity index (χ2v) is 5.71. The van der Waals surface area contributed by atoms with Crippen molar-refractivity contribution in [3.05, 3.63) is 29.8 Å². The summed E-state index contributed by atoms with van der Waals surface area (Å²) in [5, 5.41) is 3.37. The van der Waals surface area contributed by atoms with E-state index < -0.39 is 0 Å². The van der Waals surface area contributed by atoms with Crippen LogP contribution in [0.3, 0.4) is 0 Å². The summed E-state index contributed by atoms with van der Waals surface area (Å²) in [5.41, 5.74) is 2.79. The third-order valence-corrected chi connectivity index (χ3v) is 4.58. The van der Waals surface area contributed by atoms with Gasteiger partial charge in [-0.3, -0.25) is 0 Å². The first-order valence-electron chi connectivity index (χ1n) is 7.44. The van der Waals surface area contributed by atoms with E-state index in [4.69, 9.17) is 0 Å². The van der Waals surface area contributed by atoms with Crippen molar-refractivity contribution < 1.29 is 0 Å². The Morgan fingerprint density at radius 1 is 1.17 bits per heavy atom. The Bertz CT molecular complexity index is 385. The number of piperidine rings is 1. The van der Waals surface area contributed by atoms with Gasteiger partial charge in [0.05, 0.1) is 0 Å². The lowest BCUT2D eigenvalue weighted by molar-refractivity contribution is 0.181. The van der Waals surface area contributed by atoms with E-state index in [2.05, 4.69) is 41.4 Å². The Balaban J connectivity index is 1.67. The van der Waals surface area contributed by atoms with Crippen molar-refractivity contribution in [1.29, 1.82) is 0 Å². The fourth-order valence-electron chi connectivity index (χ4n) is 3.60. The van der Waals surface area contributed by atoms with Crippen LogP contribution in [0, 0.1) is 0 Å². The monoisotopic (exact) mass is 244 g/mol. The van der Waals surface area contributed by atoms with Crippen LogP contribution >= 0.6 is 0 Å². The van der Waals surface area contributed by atoms with Crippen LogP contribution in [0.5, 0.6) is 0 Å². The third-order valence-electron chi connectivity index (χ3n) is 4.58. The number of anilines is 1. The number of nitrogens with one attached hydrogen (secondary N) is 1. The molecule has 2 aliphatic heterocycles. The summed E-state index contributed by atoms with van der Waals surface area (Å²) in [6.07, 6.45) is 5.56. The van der Waals surface area contributed by atoms with Crippen LogP contribution in [0.2, 0.25) is 0 Å². The second kappa shape index (κ2) is 5.31. The molecule has 0 amide bonds. The molecule has 98 valence electrons. The molecule has 2 atom stereocenters. The van der Waals surface area contributed by atoms with Crippen LogP contribution in [-0.4, -0.2) is 30.6 Å². The largest absolute Gasteiger partial charge is 0.385 e. The molecule has 1 aromatic rings. The number of benzene rings is 1. The Morgan fingerprint density at radius 2 is 2.00 bits per heavy atom. The molecule has 2 saturated heterocycles. The quantitative estimate of drug-likeness (QED) is 0.876. The average molecular weight is 244 g/mol. The van der Waals surface area contributed by atoms with Gasteiger partial charge in [-0.25, -0.2) is 0 Å². The second-order valence-electron chi connectivity index (χ2n) is 5.71. The van der Waals surface area contributed by atoms with Gasteiger partial charge < -0.3 is 10.2 Å². The number of nitrogens with zero attached hydrogens (tertiary/aromatic N) is 1. The molecule has 1 N–H and O–H groups in total. The van der Waals surface area contributed by atoms with Crippen molar-refractivity contribution in [2.75, 3.05) is 25.0 Å². The molecule has 0 saturated carbocycles. The van der Waals surface area contributed by atoms with E-state index in [9.17, 15) is 0 Å². The molecule has 18 heavy (non-hydrogen) atoms. The van der Waals surface area contributed by atoms with Crippen molar-refractivity contribution in [1.82, 2.24) is 4.90 Å². The van der Waals surface area contributed by atoms with Crippen LogP contribution in [0.15, 0.2) is 24.3 Å². The summed E-state index contributed by atoms with van der Waals surface area (Å²) in [5.74, 6) is 0.792. The van der Waals surface area contributed by atoms with Crippen LogP contribution in [0.25, 0.3) is 0 Å². The fraction of sp³-hybridized carbons (Fsp3) is 0.625. The molecule has 0 aromatic heterocycles. The van der Waals surface area contributed by atoms with E-state index >= 15 is 0 Å². The van der Waals surface area contributed by atoms with Crippen LogP contribution < -0.4 is 5.32 Å². The van der Waals surface area contributed by atoms with Gasteiger partial charge in [0.2, 0.25) is 0 Å². The lowest BCUT2D eigenvalue weighted by atomic mass is 9.85. The summed E-state index contributed by atoms with van der Waals surface area (Å²) in [6.45, 7) is 5.80. The first-order chi connectivity index (χ1) is 8.86. The average Bonchev–Trinajstić information content (AvgIpc) is 2.87. The molecule has 0 spiro atoms. The third kappa shape index (κ3) is 2.39. The normalized spacial score (nSPS) is 28.1. The zero-order valence-electron chi connectivity index (χ0n) is 11.4. The van der Waals surface area contributed by atoms with E-state index in [1.165, 1.54) is 44.5 Å². The summed E-state index contributed by atoms with van der Waals surface area (Å²) >= 11 is 0.